The molecule has 11 heteroatoms. The standard InChI is InChI=1S/C18H23N3O3S.C2H2O4/c1-4-14-12(3)16(18(23)24-5-2)17(25-14)21-15(22)11-19-10-13-8-6-7-9-20-13;3-1(4)2(5)6/h6-9,19H,4-5,10-11H2,1-3H3,(H,21,22);(H,3,4)(H,5,6). The Balaban J connectivity index is 0.000000703. The normalized spacial score (nSPS) is 9.90. The van der Waals surface area contributed by atoms with Crippen molar-refractivity contribution in [2.24, 2.45) is 0 Å². The van der Waals surface area contributed by atoms with E-state index in [0.29, 0.717) is 23.7 Å². The van der Waals surface area contributed by atoms with Crippen LogP contribution in [0.3, 0.4) is 0 Å². The van der Waals surface area contributed by atoms with Gasteiger partial charge < -0.3 is 25.6 Å². The average Bonchev–Trinajstić information content (AvgIpc) is 3.04. The molecular weight excluding hydrogens is 426 g/mol. The predicted molar refractivity (Wildman–Crippen MR) is 114 cm³/mol. The molecule has 0 unspecified atom stereocenters. The third-order valence-corrected chi connectivity index (χ3v) is 5.15. The van der Waals surface area contributed by atoms with Gasteiger partial charge in [-0.15, -0.1) is 11.3 Å². The quantitative estimate of drug-likeness (QED) is 0.349. The second-order valence-corrected chi connectivity index (χ2v) is 7.12. The van der Waals surface area contributed by atoms with Crippen LogP contribution < -0.4 is 10.6 Å². The summed E-state index contributed by atoms with van der Waals surface area (Å²) in [5, 5.41) is 21.2. The van der Waals surface area contributed by atoms with Crippen molar-refractivity contribution in [3.05, 3.63) is 46.1 Å². The van der Waals surface area contributed by atoms with Crippen LogP contribution in [0.15, 0.2) is 24.4 Å². The molecular formula is C20H25N3O7S. The summed E-state index contributed by atoms with van der Waals surface area (Å²) in [6, 6.07) is 5.63. The lowest BCUT2D eigenvalue weighted by Crippen LogP contribution is -2.28. The van der Waals surface area contributed by atoms with Gasteiger partial charge in [-0.05, 0) is 38.0 Å². The number of aryl methyl sites for hydroxylation is 1. The molecule has 0 saturated carbocycles. The van der Waals surface area contributed by atoms with Crippen molar-refractivity contribution in [2.45, 2.75) is 33.7 Å². The van der Waals surface area contributed by atoms with Crippen molar-refractivity contribution in [2.75, 3.05) is 18.5 Å². The number of ether oxygens (including phenoxy) is 1. The number of carbonyl (C=O) groups is 4. The van der Waals surface area contributed by atoms with E-state index in [9.17, 15) is 9.59 Å². The van der Waals surface area contributed by atoms with Gasteiger partial charge in [0.25, 0.3) is 0 Å². The molecule has 2 aromatic heterocycles. The van der Waals surface area contributed by atoms with Crippen molar-refractivity contribution in [1.29, 1.82) is 0 Å². The summed E-state index contributed by atoms with van der Waals surface area (Å²) >= 11 is 1.43. The molecule has 2 heterocycles. The van der Waals surface area contributed by atoms with Crippen molar-refractivity contribution < 1.29 is 34.1 Å². The second-order valence-electron chi connectivity index (χ2n) is 6.01. The lowest BCUT2D eigenvalue weighted by Gasteiger charge is -2.08. The maximum absolute atomic E-state index is 12.2. The van der Waals surface area contributed by atoms with Crippen LogP contribution in [0, 0.1) is 6.92 Å². The summed E-state index contributed by atoms with van der Waals surface area (Å²) < 4.78 is 5.12. The molecule has 10 nitrogen and oxygen atoms in total. The Kier molecular flexibility index (Phi) is 10.9. The highest BCUT2D eigenvalue weighted by Gasteiger charge is 2.22. The number of thiophene rings is 1. The zero-order chi connectivity index (χ0) is 23.4. The molecule has 0 aliphatic carbocycles. The first-order chi connectivity index (χ1) is 14.7. The number of nitrogens with one attached hydrogen (secondary N) is 2. The van der Waals surface area contributed by atoms with E-state index in [1.54, 1.807) is 13.1 Å². The summed E-state index contributed by atoms with van der Waals surface area (Å²) in [5.74, 6) is -4.25. The molecule has 31 heavy (non-hydrogen) atoms. The topological polar surface area (TPSA) is 155 Å². The highest BCUT2D eigenvalue weighted by Crippen LogP contribution is 2.34. The lowest BCUT2D eigenvalue weighted by atomic mass is 10.1. The number of amides is 1. The number of aliphatic carboxylic acids is 2. The summed E-state index contributed by atoms with van der Waals surface area (Å²) in [7, 11) is 0. The molecule has 2 rings (SSSR count). The van der Waals surface area contributed by atoms with Crippen LogP contribution in [0.25, 0.3) is 0 Å². The predicted octanol–water partition coefficient (Wildman–Crippen LogP) is 2.07. The maximum Gasteiger partial charge on any atom is 0.414 e. The smallest absolute Gasteiger partial charge is 0.414 e. The Morgan fingerprint density at radius 2 is 1.81 bits per heavy atom. The molecule has 0 fully saturated rings. The van der Waals surface area contributed by atoms with E-state index in [2.05, 4.69) is 15.6 Å². The highest BCUT2D eigenvalue weighted by atomic mass is 32.1. The van der Waals surface area contributed by atoms with E-state index in [1.807, 2.05) is 32.0 Å². The number of anilines is 1. The lowest BCUT2D eigenvalue weighted by molar-refractivity contribution is -0.159. The van der Waals surface area contributed by atoms with Crippen molar-refractivity contribution in [3.63, 3.8) is 0 Å². The fraction of sp³-hybridized carbons (Fsp3) is 0.350. The van der Waals surface area contributed by atoms with Crippen LogP contribution >= 0.6 is 11.3 Å². The van der Waals surface area contributed by atoms with E-state index in [-0.39, 0.29) is 12.5 Å². The van der Waals surface area contributed by atoms with E-state index in [1.165, 1.54) is 11.3 Å². The number of hydrogen-bond donors (Lipinski definition) is 4. The van der Waals surface area contributed by atoms with Gasteiger partial charge in [0.1, 0.15) is 5.00 Å². The molecule has 0 bridgehead atoms. The minimum atomic E-state index is -1.82. The summed E-state index contributed by atoms with van der Waals surface area (Å²) in [4.78, 5) is 47.9. The molecule has 1 amide bonds. The fourth-order valence-corrected chi connectivity index (χ4v) is 3.56. The molecule has 0 radical (unpaired) electrons. The zero-order valence-corrected chi connectivity index (χ0v) is 18.2. The molecule has 168 valence electrons. The third kappa shape index (κ3) is 8.52. The van der Waals surface area contributed by atoms with Gasteiger partial charge in [-0.1, -0.05) is 13.0 Å². The number of pyridine rings is 1. The van der Waals surface area contributed by atoms with E-state index in [0.717, 1.165) is 22.6 Å². The van der Waals surface area contributed by atoms with E-state index in [4.69, 9.17) is 24.5 Å². The minimum absolute atomic E-state index is 0.136. The Morgan fingerprint density at radius 3 is 2.32 bits per heavy atom. The van der Waals surface area contributed by atoms with Crippen LogP contribution in [0.2, 0.25) is 0 Å². The van der Waals surface area contributed by atoms with Crippen molar-refractivity contribution >= 4 is 40.2 Å². The Bertz CT molecular complexity index is 901. The Hall–Kier alpha value is -3.31. The van der Waals surface area contributed by atoms with Gasteiger partial charge in [0.15, 0.2) is 0 Å². The maximum atomic E-state index is 12.2. The first-order valence-electron chi connectivity index (χ1n) is 9.37. The molecule has 0 saturated heterocycles. The van der Waals surface area contributed by atoms with Crippen LogP contribution in [0.5, 0.6) is 0 Å². The average molecular weight is 452 g/mol. The van der Waals surface area contributed by atoms with Crippen LogP contribution in [0.4, 0.5) is 5.00 Å². The first-order valence-corrected chi connectivity index (χ1v) is 10.2. The van der Waals surface area contributed by atoms with Crippen LogP contribution in [0.1, 0.15) is 40.3 Å². The number of carboxylic acids is 2. The van der Waals surface area contributed by atoms with Crippen molar-refractivity contribution in [3.8, 4) is 0 Å². The van der Waals surface area contributed by atoms with Crippen LogP contribution in [-0.4, -0.2) is 52.2 Å². The van der Waals surface area contributed by atoms with E-state index < -0.39 is 17.9 Å². The molecule has 0 spiro atoms. The largest absolute Gasteiger partial charge is 0.473 e. The number of esters is 1. The number of hydrogen-bond acceptors (Lipinski definition) is 8. The molecule has 0 aliphatic rings. The van der Waals surface area contributed by atoms with Crippen molar-refractivity contribution in [1.82, 2.24) is 10.3 Å². The van der Waals surface area contributed by atoms with Gasteiger partial charge in [-0.3, -0.25) is 9.78 Å². The van der Waals surface area contributed by atoms with Gasteiger partial charge in [0, 0.05) is 17.6 Å². The summed E-state index contributed by atoms with van der Waals surface area (Å²) in [6.45, 7) is 6.61. The van der Waals surface area contributed by atoms with Crippen LogP contribution in [-0.2, 0) is 32.1 Å². The molecule has 0 aromatic carbocycles. The Morgan fingerprint density at radius 1 is 1.13 bits per heavy atom. The number of rotatable bonds is 8. The summed E-state index contributed by atoms with van der Waals surface area (Å²) in [6.07, 6.45) is 2.51. The highest BCUT2D eigenvalue weighted by molar-refractivity contribution is 7.17. The minimum Gasteiger partial charge on any atom is -0.473 e. The first kappa shape index (κ1) is 25.7. The Labute approximate surface area is 183 Å². The monoisotopic (exact) mass is 451 g/mol. The number of nitrogens with zero attached hydrogens (tertiary/aromatic N) is 1. The van der Waals surface area contributed by atoms with Gasteiger partial charge in [0.05, 0.1) is 24.4 Å². The molecule has 4 N–H and O–H groups in total. The van der Waals surface area contributed by atoms with Gasteiger partial charge in [-0.2, -0.15) is 0 Å². The molecule has 2 aromatic rings. The molecule has 0 atom stereocenters. The van der Waals surface area contributed by atoms with Gasteiger partial charge in [0.2, 0.25) is 5.91 Å². The zero-order valence-electron chi connectivity index (χ0n) is 17.4. The fourth-order valence-electron chi connectivity index (χ4n) is 2.41. The number of carboxylic acid groups (broad SMARTS) is 2. The third-order valence-electron chi connectivity index (χ3n) is 3.80. The molecule has 0 aliphatic heterocycles. The number of carbonyl (C=O) groups excluding carboxylic acids is 2. The second kappa shape index (κ2) is 13.1. The van der Waals surface area contributed by atoms with E-state index >= 15 is 0 Å². The number of aromatic nitrogens is 1. The van der Waals surface area contributed by atoms with Gasteiger partial charge in [-0.25, -0.2) is 14.4 Å². The SMILES string of the molecule is CCOC(=O)c1c(NC(=O)CNCc2ccccn2)sc(CC)c1C.O=C(O)C(=O)O. The van der Waals surface area contributed by atoms with Gasteiger partial charge >= 0.3 is 17.9 Å². The summed E-state index contributed by atoms with van der Waals surface area (Å²) in [5.41, 5.74) is 2.20.